The van der Waals surface area contributed by atoms with E-state index in [4.69, 9.17) is 16.3 Å². The van der Waals surface area contributed by atoms with Gasteiger partial charge in [-0.15, -0.1) is 0 Å². The quantitative estimate of drug-likeness (QED) is 0.665. The fourth-order valence-corrected chi connectivity index (χ4v) is 4.04. The van der Waals surface area contributed by atoms with Crippen LogP contribution in [0.25, 0.3) is 0 Å². The summed E-state index contributed by atoms with van der Waals surface area (Å²) < 4.78 is 5.40. The van der Waals surface area contributed by atoms with Crippen molar-refractivity contribution in [3.8, 4) is 5.75 Å². The lowest BCUT2D eigenvalue weighted by Crippen LogP contribution is -2.35. The number of hydrogen-bond donors (Lipinski definition) is 1. The second kappa shape index (κ2) is 9.44. The van der Waals surface area contributed by atoms with Crippen LogP contribution in [0.2, 0.25) is 0 Å². The van der Waals surface area contributed by atoms with E-state index < -0.39 is 11.8 Å². The van der Waals surface area contributed by atoms with Gasteiger partial charge in [0.1, 0.15) is 16.5 Å². The first-order valence-electron chi connectivity index (χ1n) is 10.7. The Balaban J connectivity index is 1.47. The van der Waals surface area contributed by atoms with Crippen LogP contribution in [0.3, 0.4) is 0 Å². The Morgan fingerprint density at radius 1 is 0.969 bits per heavy atom. The summed E-state index contributed by atoms with van der Waals surface area (Å²) >= 11 is 6.20. The fourth-order valence-electron chi connectivity index (χ4n) is 3.82. The van der Waals surface area contributed by atoms with Crippen molar-refractivity contribution in [3.05, 3.63) is 64.8 Å². The van der Waals surface area contributed by atoms with E-state index in [1.165, 1.54) is 0 Å². The number of nitrogens with one attached hydrogen (secondary N) is 1. The number of carbonyl (C=O) groups excluding carboxylic acids is 3. The van der Waals surface area contributed by atoms with Gasteiger partial charge in [0.15, 0.2) is 0 Å². The Morgan fingerprint density at radius 3 is 2.25 bits per heavy atom. The van der Waals surface area contributed by atoms with Gasteiger partial charge >= 0.3 is 0 Å². The summed E-state index contributed by atoms with van der Waals surface area (Å²) in [6, 6.07) is 13.5. The third-order valence-corrected chi connectivity index (χ3v) is 5.83. The van der Waals surface area contributed by atoms with Crippen LogP contribution >= 0.6 is 11.6 Å². The zero-order valence-corrected chi connectivity index (χ0v) is 18.5. The van der Waals surface area contributed by atoms with E-state index in [0.29, 0.717) is 29.3 Å². The number of amides is 3. The van der Waals surface area contributed by atoms with Crippen molar-refractivity contribution >= 4 is 40.7 Å². The largest absolute Gasteiger partial charge is 0.494 e. The minimum Gasteiger partial charge on any atom is -0.494 e. The highest BCUT2D eigenvalue weighted by Crippen LogP contribution is 2.31. The van der Waals surface area contributed by atoms with Gasteiger partial charge in [-0.25, -0.2) is 4.90 Å². The average Bonchev–Trinajstić information content (AvgIpc) is 3.03. The standard InChI is InChI=1S/C24H24ClN3O4/c1-2-32-19-12-10-18(11-13-19)28-23(30)20(25)21(24(28)31)26-17-8-6-16(7-9-17)22(29)27-14-4-3-5-15-27/h6-13,26H,2-5,14-15H2,1H3. The van der Waals surface area contributed by atoms with E-state index >= 15 is 0 Å². The minimum absolute atomic E-state index is 0.000610. The fraction of sp³-hybridized carbons (Fsp3) is 0.292. The second-order valence-corrected chi connectivity index (χ2v) is 7.99. The van der Waals surface area contributed by atoms with Crippen LogP contribution in [0.15, 0.2) is 59.3 Å². The highest BCUT2D eigenvalue weighted by molar-refractivity contribution is 6.53. The van der Waals surface area contributed by atoms with Crippen LogP contribution in [0.5, 0.6) is 5.75 Å². The number of likely N-dealkylation sites (tertiary alicyclic amines) is 1. The molecule has 1 saturated heterocycles. The highest BCUT2D eigenvalue weighted by Gasteiger charge is 2.39. The van der Waals surface area contributed by atoms with E-state index in [1.54, 1.807) is 48.5 Å². The number of benzene rings is 2. The Morgan fingerprint density at radius 2 is 1.62 bits per heavy atom. The van der Waals surface area contributed by atoms with Crippen LogP contribution in [-0.4, -0.2) is 42.3 Å². The molecule has 0 bridgehead atoms. The monoisotopic (exact) mass is 453 g/mol. The van der Waals surface area contributed by atoms with Crippen molar-refractivity contribution in [2.45, 2.75) is 26.2 Å². The summed E-state index contributed by atoms with van der Waals surface area (Å²) in [5, 5.41) is 2.75. The molecule has 3 amide bonds. The molecule has 7 nitrogen and oxygen atoms in total. The molecule has 0 spiro atoms. The van der Waals surface area contributed by atoms with Gasteiger partial charge in [0, 0.05) is 24.3 Å². The molecule has 0 radical (unpaired) electrons. The maximum Gasteiger partial charge on any atom is 0.283 e. The smallest absolute Gasteiger partial charge is 0.283 e. The number of hydrogen-bond acceptors (Lipinski definition) is 5. The van der Waals surface area contributed by atoms with Gasteiger partial charge in [-0.3, -0.25) is 14.4 Å². The van der Waals surface area contributed by atoms with Gasteiger partial charge in [0.25, 0.3) is 17.7 Å². The van der Waals surface area contributed by atoms with Crippen LogP contribution in [0.1, 0.15) is 36.5 Å². The number of piperidine rings is 1. The maximum absolute atomic E-state index is 12.9. The van der Waals surface area contributed by atoms with Crippen molar-refractivity contribution in [1.82, 2.24) is 4.90 Å². The lowest BCUT2D eigenvalue weighted by molar-refractivity contribution is -0.120. The molecule has 2 heterocycles. The van der Waals surface area contributed by atoms with E-state index in [-0.39, 0.29) is 16.6 Å². The average molecular weight is 454 g/mol. The molecule has 2 aliphatic rings. The third kappa shape index (κ3) is 4.34. The molecule has 1 N–H and O–H groups in total. The van der Waals surface area contributed by atoms with E-state index in [0.717, 1.165) is 37.3 Å². The Labute approximate surface area is 191 Å². The lowest BCUT2D eigenvalue weighted by atomic mass is 10.1. The number of halogens is 1. The molecule has 0 aromatic heterocycles. The normalized spacial score (nSPS) is 16.6. The molecule has 2 aromatic carbocycles. The molecular formula is C24H24ClN3O4. The van der Waals surface area contributed by atoms with Gasteiger partial charge < -0.3 is 15.0 Å². The van der Waals surface area contributed by atoms with Gasteiger partial charge in [0.05, 0.1) is 12.3 Å². The van der Waals surface area contributed by atoms with Gasteiger partial charge in [-0.1, -0.05) is 11.6 Å². The predicted octanol–water partition coefficient (Wildman–Crippen LogP) is 4.15. The summed E-state index contributed by atoms with van der Waals surface area (Å²) in [5.41, 5.74) is 1.55. The number of anilines is 2. The molecule has 2 aliphatic heterocycles. The topological polar surface area (TPSA) is 79.0 Å². The van der Waals surface area contributed by atoms with Crippen LogP contribution in [0.4, 0.5) is 11.4 Å². The van der Waals surface area contributed by atoms with Crippen molar-refractivity contribution in [2.24, 2.45) is 0 Å². The maximum atomic E-state index is 12.9. The Kier molecular flexibility index (Phi) is 6.46. The molecule has 0 aliphatic carbocycles. The molecule has 8 heteroatoms. The number of carbonyl (C=O) groups is 3. The molecule has 0 atom stereocenters. The molecule has 2 aromatic rings. The molecule has 32 heavy (non-hydrogen) atoms. The number of nitrogens with zero attached hydrogens (tertiary/aromatic N) is 2. The first-order chi connectivity index (χ1) is 15.5. The van der Waals surface area contributed by atoms with E-state index in [1.807, 2.05) is 11.8 Å². The van der Waals surface area contributed by atoms with Crippen LogP contribution in [-0.2, 0) is 9.59 Å². The zero-order valence-electron chi connectivity index (χ0n) is 17.8. The molecule has 166 valence electrons. The van der Waals surface area contributed by atoms with E-state index in [2.05, 4.69) is 5.32 Å². The summed E-state index contributed by atoms with van der Waals surface area (Å²) in [6.45, 7) is 3.95. The Bertz CT molecular complexity index is 1060. The minimum atomic E-state index is -0.597. The molecule has 0 saturated carbocycles. The van der Waals surface area contributed by atoms with Gasteiger partial charge in [-0.2, -0.15) is 0 Å². The highest BCUT2D eigenvalue weighted by atomic mass is 35.5. The molecular weight excluding hydrogens is 430 g/mol. The first kappa shape index (κ1) is 21.9. The van der Waals surface area contributed by atoms with Crippen LogP contribution < -0.4 is 15.0 Å². The lowest BCUT2D eigenvalue weighted by Gasteiger charge is -2.26. The third-order valence-electron chi connectivity index (χ3n) is 5.48. The molecule has 0 unspecified atom stereocenters. The first-order valence-corrected chi connectivity index (χ1v) is 11.0. The summed E-state index contributed by atoms with van der Waals surface area (Å²) in [4.78, 5) is 41.1. The van der Waals surface area contributed by atoms with Crippen molar-refractivity contribution in [1.29, 1.82) is 0 Å². The zero-order chi connectivity index (χ0) is 22.7. The van der Waals surface area contributed by atoms with E-state index in [9.17, 15) is 14.4 Å². The number of ether oxygens (including phenoxy) is 1. The number of rotatable bonds is 6. The molecule has 1 fully saturated rings. The van der Waals surface area contributed by atoms with Crippen LogP contribution in [0, 0.1) is 0 Å². The summed E-state index contributed by atoms with van der Waals surface area (Å²) in [7, 11) is 0. The SMILES string of the molecule is CCOc1ccc(N2C(=O)C(Cl)=C(Nc3ccc(C(=O)N4CCCCC4)cc3)C2=O)cc1. The van der Waals surface area contributed by atoms with Gasteiger partial charge in [-0.05, 0) is 74.7 Å². The van der Waals surface area contributed by atoms with Gasteiger partial charge in [0.2, 0.25) is 0 Å². The van der Waals surface area contributed by atoms with Crippen molar-refractivity contribution in [2.75, 3.05) is 29.9 Å². The molecule has 4 rings (SSSR count). The van der Waals surface area contributed by atoms with Crippen molar-refractivity contribution < 1.29 is 19.1 Å². The number of imide groups is 1. The van der Waals surface area contributed by atoms with Crippen molar-refractivity contribution in [3.63, 3.8) is 0 Å². The summed E-state index contributed by atoms with van der Waals surface area (Å²) in [6.07, 6.45) is 3.21. The summed E-state index contributed by atoms with van der Waals surface area (Å²) in [5.74, 6) is -0.493. The Hall–Kier alpha value is -3.32. The predicted molar refractivity (Wildman–Crippen MR) is 123 cm³/mol. The second-order valence-electron chi connectivity index (χ2n) is 7.62.